The Morgan fingerprint density at radius 3 is 2.70 bits per heavy atom. The Morgan fingerprint density at radius 2 is 2.06 bits per heavy atom. The molecule has 3 atom stereocenters. The zero-order valence-electron chi connectivity index (χ0n) is 18.8. The van der Waals surface area contributed by atoms with Crippen LogP contribution in [0.2, 0.25) is 0 Å². The number of halogens is 1. The van der Waals surface area contributed by atoms with Gasteiger partial charge in [-0.3, -0.25) is 29.1 Å². The molecular weight excluding hydrogens is 537 g/mol. The van der Waals surface area contributed by atoms with Gasteiger partial charge in [-0.25, -0.2) is 5.48 Å². The Labute approximate surface area is 207 Å². The number of aliphatic imine (C=N–C) groups is 1. The smallest absolute Gasteiger partial charge is 0.252 e. The molecular formula is C23H30IN5O4. The van der Waals surface area contributed by atoms with Gasteiger partial charge in [-0.2, -0.15) is 0 Å². The van der Waals surface area contributed by atoms with Gasteiger partial charge in [0.1, 0.15) is 6.17 Å². The average Bonchev–Trinajstić information content (AvgIpc) is 3.25. The summed E-state index contributed by atoms with van der Waals surface area (Å²) in [6.07, 6.45) is 10.3. The second-order valence-corrected chi connectivity index (χ2v) is 10.1. The van der Waals surface area contributed by atoms with Crippen molar-refractivity contribution in [2.75, 3.05) is 26.2 Å². The number of hydrogen-bond acceptors (Lipinski definition) is 6. The van der Waals surface area contributed by atoms with Gasteiger partial charge < -0.3 is 10.2 Å². The number of carbonyl (C=O) groups excluding carboxylic acids is 3. The van der Waals surface area contributed by atoms with Gasteiger partial charge in [0.05, 0.1) is 24.1 Å². The molecule has 10 heteroatoms. The Kier molecular flexibility index (Phi) is 7.97. The molecule has 2 N–H and O–H groups in total. The van der Waals surface area contributed by atoms with E-state index in [-0.39, 0.29) is 36.0 Å². The van der Waals surface area contributed by atoms with Crippen LogP contribution in [0.1, 0.15) is 39.0 Å². The Bertz CT molecular complexity index is 920. The van der Waals surface area contributed by atoms with Crippen molar-refractivity contribution in [3.63, 3.8) is 0 Å². The third-order valence-corrected chi connectivity index (χ3v) is 7.73. The van der Waals surface area contributed by atoms with Crippen molar-refractivity contribution in [2.45, 2.75) is 57.3 Å². The van der Waals surface area contributed by atoms with Crippen LogP contribution in [0.25, 0.3) is 0 Å². The molecule has 3 aliphatic heterocycles. The number of piperazine rings is 1. The van der Waals surface area contributed by atoms with Gasteiger partial charge in [0, 0.05) is 51.7 Å². The molecule has 0 radical (unpaired) electrons. The van der Waals surface area contributed by atoms with E-state index in [9.17, 15) is 14.4 Å². The van der Waals surface area contributed by atoms with Crippen LogP contribution < -0.4 is 10.8 Å². The van der Waals surface area contributed by atoms with E-state index in [0.717, 1.165) is 19.5 Å². The van der Waals surface area contributed by atoms with Crippen molar-refractivity contribution < 1.29 is 19.2 Å². The van der Waals surface area contributed by atoms with Crippen molar-refractivity contribution in [1.82, 2.24) is 20.6 Å². The summed E-state index contributed by atoms with van der Waals surface area (Å²) >= 11 is 2.33. The lowest BCUT2D eigenvalue weighted by molar-refractivity contribution is -0.134. The largest absolute Gasteiger partial charge is 0.345 e. The Balaban J connectivity index is 1.18. The van der Waals surface area contributed by atoms with Crippen molar-refractivity contribution in [3.05, 3.63) is 33.0 Å². The van der Waals surface area contributed by atoms with Gasteiger partial charge in [-0.15, -0.1) is 0 Å². The predicted octanol–water partition coefficient (Wildman–Crippen LogP) is 1.61. The average molecular weight is 567 g/mol. The third kappa shape index (κ3) is 6.30. The maximum absolute atomic E-state index is 12.6. The van der Waals surface area contributed by atoms with Gasteiger partial charge in [0.15, 0.2) is 0 Å². The maximum Gasteiger partial charge on any atom is 0.252 e. The summed E-state index contributed by atoms with van der Waals surface area (Å²) in [5.41, 5.74) is 4.19. The summed E-state index contributed by atoms with van der Waals surface area (Å²) in [4.78, 5) is 50.2. The SMILES string of the molecule is CC1=C(I)CC(NC(=O)C2=CCC(N3CCN(C(=O)CCC4CC(=O)NO4)CC3)N=C2)C=C1. The number of hydroxylamine groups is 1. The van der Waals surface area contributed by atoms with Crippen molar-refractivity contribution in [3.8, 4) is 0 Å². The number of nitrogens with one attached hydrogen (secondary N) is 2. The summed E-state index contributed by atoms with van der Waals surface area (Å²) in [6, 6.07) is 0.0164. The Hall–Kier alpha value is -2.05. The first kappa shape index (κ1) is 24.1. The van der Waals surface area contributed by atoms with Crippen LogP contribution in [0, 0.1) is 0 Å². The molecule has 3 amide bonds. The predicted molar refractivity (Wildman–Crippen MR) is 132 cm³/mol. The molecule has 0 aromatic rings. The van der Waals surface area contributed by atoms with Crippen LogP contribution in [-0.4, -0.2) is 78.2 Å². The number of rotatable bonds is 6. The molecule has 33 heavy (non-hydrogen) atoms. The van der Waals surface area contributed by atoms with E-state index in [0.29, 0.717) is 44.3 Å². The zero-order valence-corrected chi connectivity index (χ0v) is 20.9. The third-order valence-electron chi connectivity index (χ3n) is 6.44. The first-order valence-electron chi connectivity index (χ1n) is 11.4. The minimum Gasteiger partial charge on any atom is -0.345 e. The van der Waals surface area contributed by atoms with Gasteiger partial charge in [0.25, 0.3) is 5.91 Å². The van der Waals surface area contributed by atoms with E-state index in [1.165, 1.54) is 9.15 Å². The highest BCUT2D eigenvalue weighted by Crippen LogP contribution is 2.25. The highest BCUT2D eigenvalue weighted by atomic mass is 127. The van der Waals surface area contributed by atoms with Crippen LogP contribution in [-0.2, 0) is 19.2 Å². The van der Waals surface area contributed by atoms with Crippen molar-refractivity contribution in [2.24, 2.45) is 4.99 Å². The highest BCUT2D eigenvalue weighted by Gasteiger charge is 2.29. The summed E-state index contributed by atoms with van der Waals surface area (Å²) in [5.74, 6) is -0.120. The fraction of sp³-hybridized carbons (Fsp3) is 0.565. The molecule has 2 saturated heterocycles. The molecule has 0 aromatic carbocycles. The topological polar surface area (TPSA) is 103 Å². The molecule has 4 aliphatic rings. The van der Waals surface area contributed by atoms with E-state index < -0.39 is 0 Å². The van der Waals surface area contributed by atoms with Gasteiger partial charge in [0.2, 0.25) is 11.8 Å². The quantitative estimate of drug-likeness (QED) is 0.475. The minimum atomic E-state index is -0.212. The van der Waals surface area contributed by atoms with Crippen LogP contribution >= 0.6 is 22.6 Å². The molecule has 0 saturated carbocycles. The molecule has 178 valence electrons. The van der Waals surface area contributed by atoms with Crippen LogP contribution in [0.4, 0.5) is 0 Å². The fourth-order valence-corrected chi connectivity index (χ4v) is 5.00. The molecule has 0 aromatic heterocycles. The number of allylic oxidation sites excluding steroid dienone is 2. The second kappa shape index (κ2) is 10.9. The van der Waals surface area contributed by atoms with E-state index in [1.807, 2.05) is 17.1 Å². The fourth-order valence-electron chi connectivity index (χ4n) is 4.34. The summed E-state index contributed by atoms with van der Waals surface area (Å²) in [5, 5.41) is 3.07. The normalized spacial score (nSPS) is 28.1. The number of amides is 3. The van der Waals surface area contributed by atoms with Gasteiger partial charge in [-0.05, 0) is 45.1 Å². The molecule has 9 nitrogen and oxygen atoms in total. The van der Waals surface area contributed by atoms with Crippen LogP contribution in [0.15, 0.2) is 37.9 Å². The molecule has 2 fully saturated rings. The summed E-state index contributed by atoms with van der Waals surface area (Å²) < 4.78 is 1.27. The van der Waals surface area contributed by atoms with Crippen LogP contribution in [0.3, 0.4) is 0 Å². The minimum absolute atomic E-state index is 0.00360. The molecule has 4 rings (SSSR count). The van der Waals surface area contributed by atoms with Crippen molar-refractivity contribution >= 4 is 46.5 Å². The van der Waals surface area contributed by atoms with E-state index in [2.05, 4.69) is 56.3 Å². The van der Waals surface area contributed by atoms with Gasteiger partial charge in [-0.1, -0.05) is 18.2 Å². The van der Waals surface area contributed by atoms with E-state index in [4.69, 9.17) is 4.84 Å². The highest BCUT2D eigenvalue weighted by molar-refractivity contribution is 14.1. The lowest BCUT2D eigenvalue weighted by atomic mass is 10.0. The number of nitrogens with zero attached hydrogens (tertiary/aromatic N) is 3. The molecule has 1 aliphatic carbocycles. The lowest BCUT2D eigenvalue weighted by Crippen LogP contribution is -2.52. The number of dihydropyridines is 1. The first-order valence-corrected chi connectivity index (χ1v) is 12.5. The molecule has 3 heterocycles. The van der Waals surface area contributed by atoms with E-state index in [1.54, 1.807) is 6.21 Å². The number of hydrogen-bond donors (Lipinski definition) is 2. The van der Waals surface area contributed by atoms with Gasteiger partial charge >= 0.3 is 0 Å². The zero-order chi connectivity index (χ0) is 23.4. The molecule has 3 unspecified atom stereocenters. The number of carbonyl (C=O) groups is 3. The molecule has 0 spiro atoms. The maximum atomic E-state index is 12.6. The van der Waals surface area contributed by atoms with E-state index >= 15 is 0 Å². The monoisotopic (exact) mass is 567 g/mol. The Morgan fingerprint density at radius 1 is 1.27 bits per heavy atom. The summed E-state index contributed by atoms with van der Waals surface area (Å²) in [7, 11) is 0. The van der Waals surface area contributed by atoms with Crippen LogP contribution in [0.5, 0.6) is 0 Å². The van der Waals surface area contributed by atoms with Crippen molar-refractivity contribution in [1.29, 1.82) is 0 Å². The molecule has 0 bridgehead atoms. The standard InChI is InChI=1S/C23H30IN5O4/c1-15-2-4-17(12-19(15)24)26-23(32)16-3-6-20(25-14-16)28-8-10-29(11-9-28)22(31)7-5-18-13-21(30)27-33-18/h2-4,14,17-18,20H,5-13H2,1H3,(H,26,32)(H,27,30). The summed E-state index contributed by atoms with van der Waals surface area (Å²) in [6.45, 7) is 4.89. The lowest BCUT2D eigenvalue weighted by Gasteiger charge is -2.38. The second-order valence-electron chi connectivity index (χ2n) is 8.81. The first-order chi connectivity index (χ1) is 15.9.